The van der Waals surface area contributed by atoms with Gasteiger partial charge in [0.15, 0.2) is 0 Å². The Morgan fingerprint density at radius 1 is 1.35 bits per heavy atom. The van der Waals surface area contributed by atoms with Crippen LogP contribution in [0.15, 0.2) is 0 Å². The second kappa shape index (κ2) is 5.16. The number of nitrogens with zero attached hydrogens (tertiary/aromatic N) is 4. The third-order valence-corrected chi connectivity index (χ3v) is 4.47. The van der Waals surface area contributed by atoms with E-state index >= 15 is 0 Å². The van der Waals surface area contributed by atoms with Crippen LogP contribution in [0.25, 0.3) is 0 Å². The van der Waals surface area contributed by atoms with Crippen molar-refractivity contribution in [3.63, 3.8) is 0 Å². The van der Waals surface area contributed by atoms with Gasteiger partial charge in [0.2, 0.25) is 0 Å². The first-order valence-electron chi connectivity index (χ1n) is 5.97. The van der Waals surface area contributed by atoms with Gasteiger partial charge in [-0.25, -0.2) is 0 Å². The molecule has 5 nitrogen and oxygen atoms in total. The van der Waals surface area contributed by atoms with Crippen molar-refractivity contribution in [3.05, 3.63) is 10.0 Å². The van der Waals surface area contributed by atoms with E-state index < -0.39 is 0 Å². The van der Waals surface area contributed by atoms with Gasteiger partial charge in [0.25, 0.3) is 0 Å². The fraction of sp³-hybridized carbons (Fsp3) is 0.800. The van der Waals surface area contributed by atoms with E-state index in [2.05, 4.69) is 24.7 Å². The highest BCUT2D eigenvalue weighted by Gasteiger charge is 2.32. The Kier molecular flexibility index (Phi) is 3.58. The third-order valence-electron chi connectivity index (χ3n) is 3.49. The fourth-order valence-corrected chi connectivity index (χ4v) is 3.07. The van der Waals surface area contributed by atoms with Gasteiger partial charge in [0.1, 0.15) is 10.0 Å². The topological polar surface area (TPSA) is 44.3 Å². The van der Waals surface area contributed by atoms with E-state index in [9.17, 15) is 0 Å². The molecular formula is C10H16ClN5S. The Morgan fingerprint density at radius 3 is 2.76 bits per heavy atom. The maximum absolute atomic E-state index is 6.00. The first-order valence-corrected chi connectivity index (χ1v) is 7.12. The standard InChI is InChI=1S/C10H16ClN5S/c11-10-9(13-14-17-10)7-15-5-8(6-15)16-3-1-12-2-4-16/h8,12H,1-7H2. The predicted molar refractivity (Wildman–Crippen MR) is 68.4 cm³/mol. The van der Waals surface area contributed by atoms with Gasteiger partial charge in [-0.15, -0.1) is 5.10 Å². The van der Waals surface area contributed by atoms with Crippen LogP contribution in [0.5, 0.6) is 0 Å². The molecule has 0 saturated carbocycles. The van der Waals surface area contributed by atoms with Crippen LogP contribution in [-0.4, -0.2) is 64.7 Å². The molecule has 3 rings (SSSR count). The van der Waals surface area contributed by atoms with E-state index in [1.807, 2.05) is 0 Å². The van der Waals surface area contributed by atoms with Crippen LogP contribution in [0.4, 0.5) is 0 Å². The lowest BCUT2D eigenvalue weighted by Crippen LogP contribution is -2.62. The molecule has 17 heavy (non-hydrogen) atoms. The minimum Gasteiger partial charge on any atom is -0.314 e. The van der Waals surface area contributed by atoms with Gasteiger partial charge in [0, 0.05) is 63.4 Å². The average Bonchev–Trinajstić information content (AvgIpc) is 2.70. The second-order valence-electron chi connectivity index (χ2n) is 4.63. The molecule has 94 valence electrons. The number of halogens is 1. The molecule has 7 heteroatoms. The van der Waals surface area contributed by atoms with Crippen LogP contribution >= 0.6 is 23.1 Å². The van der Waals surface area contributed by atoms with Crippen molar-refractivity contribution in [1.82, 2.24) is 24.7 Å². The van der Waals surface area contributed by atoms with E-state index in [-0.39, 0.29) is 0 Å². The monoisotopic (exact) mass is 273 g/mol. The highest BCUT2D eigenvalue weighted by atomic mass is 35.5. The molecule has 1 aromatic rings. The SMILES string of the molecule is Clc1snnc1CN1CC(N2CCNCC2)C1. The van der Waals surface area contributed by atoms with E-state index in [0.717, 1.165) is 48.8 Å². The molecule has 0 atom stereocenters. The zero-order valence-electron chi connectivity index (χ0n) is 9.60. The summed E-state index contributed by atoms with van der Waals surface area (Å²) in [7, 11) is 0. The van der Waals surface area contributed by atoms with E-state index in [1.54, 1.807) is 0 Å². The number of aromatic nitrogens is 2. The molecule has 0 aromatic carbocycles. The Hall–Kier alpha value is -0.270. The van der Waals surface area contributed by atoms with Gasteiger partial charge in [-0.05, 0) is 0 Å². The number of hydrogen-bond acceptors (Lipinski definition) is 6. The van der Waals surface area contributed by atoms with Crippen LogP contribution in [-0.2, 0) is 6.54 Å². The van der Waals surface area contributed by atoms with Crippen molar-refractivity contribution in [3.8, 4) is 0 Å². The summed E-state index contributed by atoms with van der Waals surface area (Å²) in [6, 6.07) is 0.725. The summed E-state index contributed by atoms with van der Waals surface area (Å²) in [5.41, 5.74) is 0.926. The molecule has 1 aromatic heterocycles. The third kappa shape index (κ3) is 2.61. The summed E-state index contributed by atoms with van der Waals surface area (Å²) in [5, 5.41) is 7.43. The number of nitrogens with one attached hydrogen (secondary N) is 1. The maximum atomic E-state index is 6.00. The molecule has 1 N–H and O–H groups in total. The average molecular weight is 274 g/mol. The van der Waals surface area contributed by atoms with Gasteiger partial charge in [-0.2, -0.15) is 0 Å². The lowest BCUT2D eigenvalue weighted by molar-refractivity contribution is 0.0216. The zero-order chi connectivity index (χ0) is 11.7. The molecule has 3 heterocycles. The smallest absolute Gasteiger partial charge is 0.138 e. The number of likely N-dealkylation sites (tertiary alicyclic amines) is 1. The molecule has 2 saturated heterocycles. The van der Waals surface area contributed by atoms with Crippen LogP contribution in [0.1, 0.15) is 5.69 Å². The molecular weight excluding hydrogens is 258 g/mol. The van der Waals surface area contributed by atoms with Gasteiger partial charge >= 0.3 is 0 Å². The lowest BCUT2D eigenvalue weighted by atomic mass is 10.1. The Balaban J connectivity index is 1.46. The van der Waals surface area contributed by atoms with Crippen molar-refractivity contribution in [2.75, 3.05) is 39.3 Å². The minimum atomic E-state index is 0.725. The van der Waals surface area contributed by atoms with Crippen molar-refractivity contribution >= 4 is 23.1 Å². The molecule has 0 unspecified atom stereocenters. The molecule has 2 aliphatic rings. The molecule has 0 radical (unpaired) electrons. The highest BCUT2D eigenvalue weighted by molar-refractivity contribution is 7.10. The normalized spacial score (nSPS) is 23.8. The van der Waals surface area contributed by atoms with Gasteiger partial charge < -0.3 is 5.32 Å². The number of rotatable bonds is 3. The zero-order valence-corrected chi connectivity index (χ0v) is 11.2. The van der Waals surface area contributed by atoms with Crippen molar-refractivity contribution in [2.45, 2.75) is 12.6 Å². The van der Waals surface area contributed by atoms with E-state index in [1.165, 1.54) is 24.6 Å². The summed E-state index contributed by atoms with van der Waals surface area (Å²) in [6.07, 6.45) is 0. The summed E-state index contributed by atoms with van der Waals surface area (Å²) in [5.74, 6) is 0. The van der Waals surface area contributed by atoms with Crippen molar-refractivity contribution < 1.29 is 0 Å². The Labute approximate surface area is 110 Å². The number of piperazine rings is 1. The first-order chi connectivity index (χ1) is 8.33. The maximum Gasteiger partial charge on any atom is 0.138 e. The quantitative estimate of drug-likeness (QED) is 0.857. The highest BCUT2D eigenvalue weighted by Crippen LogP contribution is 2.23. The lowest BCUT2D eigenvalue weighted by Gasteiger charge is -2.46. The molecule has 0 bridgehead atoms. The van der Waals surface area contributed by atoms with Gasteiger partial charge in [0.05, 0.1) is 0 Å². The Morgan fingerprint density at radius 2 is 2.12 bits per heavy atom. The fourth-order valence-electron chi connectivity index (χ4n) is 2.45. The summed E-state index contributed by atoms with van der Waals surface area (Å²) in [6.45, 7) is 7.71. The molecule has 2 fully saturated rings. The Bertz CT molecular complexity index is 373. The van der Waals surface area contributed by atoms with Crippen molar-refractivity contribution in [2.24, 2.45) is 0 Å². The van der Waals surface area contributed by atoms with E-state index in [0.29, 0.717) is 0 Å². The van der Waals surface area contributed by atoms with Gasteiger partial charge in [-0.1, -0.05) is 16.1 Å². The molecule has 0 spiro atoms. The molecule has 0 amide bonds. The summed E-state index contributed by atoms with van der Waals surface area (Å²) < 4.78 is 4.59. The van der Waals surface area contributed by atoms with Crippen LogP contribution in [0, 0.1) is 0 Å². The molecule has 0 aliphatic carbocycles. The number of hydrogen-bond donors (Lipinski definition) is 1. The van der Waals surface area contributed by atoms with Gasteiger partial charge in [-0.3, -0.25) is 9.80 Å². The molecule has 2 aliphatic heterocycles. The first kappa shape index (κ1) is 11.8. The minimum absolute atomic E-state index is 0.725. The van der Waals surface area contributed by atoms with Crippen molar-refractivity contribution in [1.29, 1.82) is 0 Å². The van der Waals surface area contributed by atoms with Crippen LogP contribution in [0.2, 0.25) is 4.34 Å². The van der Waals surface area contributed by atoms with Crippen LogP contribution in [0.3, 0.4) is 0 Å². The second-order valence-corrected chi connectivity index (χ2v) is 5.98. The predicted octanol–water partition coefficient (Wildman–Crippen LogP) is 0.281. The van der Waals surface area contributed by atoms with Crippen LogP contribution < -0.4 is 5.32 Å². The largest absolute Gasteiger partial charge is 0.314 e. The summed E-state index contributed by atoms with van der Waals surface area (Å²) in [4.78, 5) is 4.96. The van der Waals surface area contributed by atoms with E-state index in [4.69, 9.17) is 11.6 Å². The summed E-state index contributed by atoms with van der Waals surface area (Å²) >= 11 is 7.27.